The molecule has 1 aromatic heterocycles. The van der Waals surface area contributed by atoms with Crippen LogP contribution < -0.4 is 14.3 Å². The molecule has 0 spiro atoms. The van der Waals surface area contributed by atoms with Crippen molar-refractivity contribution in [1.29, 1.82) is 0 Å². The Labute approximate surface area is 268 Å². The second kappa shape index (κ2) is 12.1. The number of rotatable bonds is 10. The molecule has 5 aliphatic rings. The highest BCUT2D eigenvalue weighted by Crippen LogP contribution is 2.68. The maximum Gasteiger partial charge on any atom is 0.305 e. The number of thiazole rings is 1. The summed E-state index contributed by atoms with van der Waals surface area (Å²) >= 11 is 2.82. The number of nitrogens with one attached hydrogen (secondary N) is 1. The maximum atomic E-state index is 13.7. The lowest BCUT2D eigenvalue weighted by Crippen LogP contribution is -2.42. The summed E-state index contributed by atoms with van der Waals surface area (Å²) in [4.78, 5) is 70.7. The van der Waals surface area contributed by atoms with E-state index in [4.69, 9.17) is 14.6 Å². The number of amides is 3. The summed E-state index contributed by atoms with van der Waals surface area (Å²) in [5.74, 6) is -1.38. The molecule has 1 aromatic carbocycles. The SMILES string of the molecule is CCOc1cc([C@H]2c3sc(=O)[nH]c3SC3C4CC(C5C(=O)N(CCCC(=O)O)C(=O)C45)C32)ccc1OCC(=O)N1CCCCC1. The summed E-state index contributed by atoms with van der Waals surface area (Å²) in [6.07, 6.45) is 4.06. The molecule has 4 heterocycles. The average Bonchev–Trinajstić information content (AvgIpc) is 3.76. The minimum Gasteiger partial charge on any atom is -0.490 e. The molecule has 2 N–H and O–H groups in total. The van der Waals surface area contributed by atoms with E-state index in [0.29, 0.717) is 18.1 Å². The number of fused-ring (bicyclic) bond motifs is 9. The van der Waals surface area contributed by atoms with Crippen LogP contribution in [-0.4, -0.2) is 81.7 Å². The maximum absolute atomic E-state index is 13.7. The molecule has 0 radical (unpaired) electrons. The van der Waals surface area contributed by atoms with E-state index in [1.807, 2.05) is 30.0 Å². The zero-order valence-electron chi connectivity index (χ0n) is 25.1. The van der Waals surface area contributed by atoms with E-state index in [-0.39, 0.29) is 77.5 Å². The monoisotopic (exact) mass is 655 g/mol. The van der Waals surface area contributed by atoms with Gasteiger partial charge in [0.15, 0.2) is 18.1 Å². The second-order valence-electron chi connectivity index (χ2n) is 12.7. The molecule has 2 aliphatic carbocycles. The van der Waals surface area contributed by atoms with Gasteiger partial charge in [0.25, 0.3) is 5.91 Å². The zero-order chi connectivity index (χ0) is 31.4. The van der Waals surface area contributed by atoms with Gasteiger partial charge in [0.05, 0.1) is 23.5 Å². The summed E-state index contributed by atoms with van der Waals surface area (Å²) in [5.41, 5.74) is 0.944. The fraction of sp³-hybridized carbons (Fsp3) is 0.594. The first-order valence-corrected chi connectivity index (χ1v) is 17.6. The van der Waals surface area contributed by atoms with Crippen LogP contribution in [0.5, 0.6) is 11.5 Å². The highest BCUT2D eigenvalue weighted by atomic mass is 32.2. The van der Waals surface area contributed by atoms with E-state index in [1.54, 1.807) is 11.8 Å². The van der Waals surface area contributed by atoms with Gasteiger partial charge >= 0.3 is 10.8 Å². The molecular formula is C32H37N3O8S2. The number of ether oxygens (including phenoxy) is 2. The van der Waals surface area contributed by atoms with Crippen LogP contribution >= 0.6 is 23.1 Å². The Morgan fingerprint density at radius 1 is 1.02 bits per heavy atom. The van der Waals surface area contributed by atoms with Gasteiger partial charge in [0.2, 0.25) is 11.8 Å². The third-order valence-corrected chi connectivity index (χ3v) is 12.9. The first-order valence-electron chi connectivity index (χ1n) is 15.9. The molecule has 11 nitrogen and oxygen atoms in total. The molecule has 13 heteroatoms. The number of carboxylic acids is 1. The van der Waals surface area contributed by atoms with E-state index < -0.39 is 17.8 Å². The smallest absolute Gasteiger partial charge is 0.305 e. The standard InChI is InChI=1S/C32H37N3O8S2/c1-2-42-20-13-16(8-9-19(20)43-15-21(36)34-10-4-3-5-11-34)23-24-17-14-18(27(24)44-29-28(23)45-32(41)33-29)26-25(17)30(39)35(31(26)40)12-6-7-22(37)38/h8-9,13,17-18,23-27H,2-7,10-12,14-15H2,1H3,(H,33,41)(H,37,38)/t17?,18?,23-,24?,25?,26?,27?/m1/s1. The van der Waals surface area contributed by atoms with Gasteiger partial charge in [-0.1, -0.05) is 17.4 Å². The normalized spacial score (nSPS) is 29.8. The number of hydrogen-bond acceptors (Lipinski definition) is 9. The number of carbonyl (C=O) groups is 4. The van der Waals surface area contributed by atoms with Crippen molar-refractivity contribution in [2.75, 3.05) is 32.8 Å². The minimum absolute atomic E-state index is 0.00950. The van der Waals surface area contributed by atoms with Crippen LogP contribution in [0, 0.1) is 29.6 Å². The third kappa shape index (κ3) is 5.25. The number of benzene rings is 1. The van der Waals surface area contributed by atoms with Crippen LogP contribution in [0.3, 0.4) is 0 Å². The van der Waals surface area contributed by atoms with Crippen molar-refractivity contribution in [2.24, 2.45) is 29.6 Å². The van der Waals surface area contributed by atoms with E-state index >= 15 is 0 Å². The van der Waals surface area contributed by atoms with Crippen molar-refractivity contribution in [3.05, 3.63) is 38.3 Å². The van der Waals surface area contributed by atoms with Gasteiger partial charge in [0, 0.05) is 42.1 Å². The van der Waals surface area contributed by atoms with Gasteiger partial charge in [-0.3, -0.25) is 28.9 Å². The van der Waals surface area contributed by atoms with Crippen LogP contribution in [0.15, 0.2) is 28.0 Å². The number of piperidine rings is 1. The Morgan fingerprint density at radius 3 is 2.51 bits per heavy atom. The first-order chi connectivity index (χ1) is 21.8. The molecule has 7 rings (SSSR count). The Kier molecular flexibility index (Phi) is 8.18. The second-order valence-corrected chi connectivity index (χ2v) is 14.9. The number of likely N-dealkylation sites (tertiary alicyclic amines) is 2. The lowest BCUT2D eigenvalue weighted by atomic mass is 9.68. The van der Waals surface area contributed by atoms with Crippen LogP contribution in [0.2, 0.25) is 0 Å². The number of aromatic amines is 1. The van der Waals surface area contributed by atoms with Crippen molar-refractivity contribution < 1.29 is 33.8 Å². The number of imide groups is 1. The average molecular weight is 656 g/mol. The highest BCUT2D eigenvalue weighted by molar-refractivity contribution is 8.00. The summed E-state index contributed by atoms with van der Waals surface area (Å²) in [5, 5.41) is 9.93. The van der Waals surface area contributed by atoms with Crippen molar-refractivity contribution in [3.8, 4) is 11.5 Å². The molecule has 3 amide bonds. The fourth-order valence-corrected chi connectivity index (χ4v) is 11.4. The van der Waals surface area contributed by atoms with Crippen molar-refractivity contribution >= 4 is 46.8 Å². The van der Waals surface area contributed by atoms with E-state index in [1.165, 1.54) is 16.2 Å². The number of hydrogen-bond donors (Lipinski definition) is 2. The molecule has 3 aliphatic heterocycles. The van der Waals surface area contributed by atoms with Crippen molar-refractivity contribution in [3.63, 3.8) is 0 Å². The molecule has 240 valence electrons. The zero-order valence-corrected chi connectivity index (χ0v) is 26.7. The number of carbonyl (C=O) groups excluding carboxylic acids is 3. The molecule has 7 atom stereocenters. The van der Waals surface area contributed by atoms with Gasteiger partial charge in [0.1, 0.15) is 0 Å². The molecule has 2 saturated heterocycles. The van der Waals surface area contributed by atoms with Gasteiger partial charge in [-0.05, 0) is 74.5 Å². The molecule has 6 unspecified atom stereocenters. The molecular weight excluding hydrogens is 618 g/mol. The van der Waals surface area contributed by atoms with Gasteiger partial charge < -0.3 is 24.5 Å². The van der Waals surface area contributed by atoms with Crippen LogP contribution in [-0.2, 0) is 19.2 Å². The number of thioether (sulfide) groups is 1. The number of carboxylic acid groups (broad SMARTS) is 1. The minimum atomic E-state index is -0.948. The summed E-state index contributed by atoms with van der Waals surface area (Å²) < 4.78 is 12.0. The molecule has 2 bridgehead atoms. The largest absolute Gasteiger partial charge is 0.490 e. The quantitative estimate of drug-likeness (QED) is 0.367. The summed E-state index contributed by atoms with van der Waals surface area (Å²) in [6, 6.07) is 5.75. The van der Waals surface area contributed by atoms with E-state index in [9.17, 15) is 24.0 Å². The fourth-order valence-electron chi connectivity index (χ4n) is 8.54. The van der Waals surface area contributed by atoms with Crippen LogP contribution in [0.1, 0.15) is 61.8 Å². The Hall–Kier alpha value is -3.32. The molecule has 2 saturated carbocycles. The van der Waals surface area contributed by atoms with Gasteiger partial charge in [-0.2, -0.15) is 0 Å². The van der Waals surface area contributed by atoms with Crippen LogP contribution in [0.4, 0.5) is 0 Å². The molecule has 2 aromatic rings. The Morgan fingerprint density at radius 2 is 1.78 bits per heavy atom. The molecule has 45 heavy (non-hydrogen) atoms. The van der Waals surface area contributed by atoms with Gasteiger partial charge in [-0.15, -0.1) is 11.8 Å². The Balaban J connectivity index is 1.18. The first kappa shape index (κ1) is 30.3. The molecule has 4 fully saturated rings. The van der Waals surface area contributed by atoms with E-state index in [0.717, 1.165) is 54.2 Å². The summed E-state index contributed by atoms with van der Waals surface area (Å²) in [6.45, 7) is 3.85. The predicted molar refractivity (Wildman–Crippen MR) is 166 cm³/mol. The Bertz CT molecular complexity index is 1580. The number of H-pyrrole nitrogens is 1. The van der Waals surface area contributed by atoms with E-state index in [2.05, 4.69) is 4.98 Å². The van der Waals surface area contributed by atoms with Crippen molar-refractivity contribution in [1.82, 2.24) is 14.8 Å². The van der Waals surface area contributed by atoms with Gasteiger partial charge in [-0.25, -0.2) is 0 Å². The number of aromatic nitrogens is 1. The predicted octanol–water partition coefficient (Wildman–Crippen LogP) is 3.56. The number of aliphatic carboxylic acids is 1. The summed E-state index contributed by atoms with van der Waals surface area (Å²) in [7, 11) is 0. The lowest BCUT2D eigenvalue weighted by molar-refractivity contribution is -0.142. The highest BCUT2D eigenvalue weighted by Gasteiger charge is 2.69. The third-order valence-electron chi connectivity index (χ3n) is 10.3. The lowest BCUT2D eigenvalue weighted by Gasteiger charge is -2.43. The topological polar surface area (TPSA) is 146 Å². The van der Waals surface area contributed by atoms with Crippen molar-refractivity contribution in [2.45, 2.75) is 61.6 Å². The number of nitrogens with zero attached hydrogens (tertiary/aromatic N) is 2. The van der Waals surface area contributed by atoms with Crippen LogP contribution in [0.25, 0.3) is 0 Å².